The van der Waals surface area contributed by atoms with Crippen molar-refractivity contribution >= 4 is 0 Å². The smallest absolute Gasteiger partial charge is 0.388 e. The first-order valence-corrected chi connectivity index (χ1v) is 5.27. The molecule has 2 atom stereocenters. The second kappa shape index (κ2) is 5.33. The molecule has 17 heavy (non-hydrogen) atoms. The van der Waals surface area contributed by atoms with E-state index in [9.17, 15) is 8.78 Å². The fourth-order valence-corrected chi connectivity index (χ4v) is 1.64. The molecule has 1 aliphatic heterocycles. The van der Waals surface area contributed by atoms with E-state index in [1.807, 2.05) is 6.92 Å². The molecule has 2 unspecified atom stereocenters. The quantitative estimate of drug-likeness (QED) is 0.865. The summed E-state index contributed by atoms with van der Waals surface area (Å²) >= 11 is 0. The van der Waals surface area contributed by atoms with E-state index in [-0.39, 0.29) is 18.0 Å². The average Bonchev–Trinajstić information content (AvgIpc) is 2.29. The molecule has 0 saturated carbocycles. The zero-order valence-electron chi connectivity index (χ0n) is 9.27. The molecule has 0 radical (unpaired) electrons. The zero-order chi connectivity index (χ0) is 12.3. The van der Waals surface area contributed by atoms with Crippen LogP contribution in [0.3, 0.4) is 0 Å². The third-order valence-corrected chi connectivity index (χ3v) is 2.37. The number of hydrogen-bond donors (Lipinski definition) is 1. The van der Waals surface area contributed by atoms with Crippen molar-refractivity contribution in [1.82, 2.24) is 15.5 Å². The lowest BCUT2D eigenvalue weighted by Gasteiger charge is -2.28. The number of halogens is 2. The molecule has 0 aromatic carbocycles. The first-order valence-electron chi connectivity index (χ1n) is 5.27. The van der Waals surface area contributed by atoms with E-state index in [1.54, 1.807) is 6.07 Å². The SMILES string of the molecule is CC1COCC(c2ccc(OC(F)F)nn2)N1. The summed E-state index contributed by atoms with van der Waals surface area (Å²) in [7, 11) is 0. The third kappa shape index (κ3) is 3.31. The fourth-order valence-electron chi connectivity index (χ4n) is 1.64. The number of aromatic nitrogens is 2. The lowest BCUT2D eigenvalue weighted by atomic mass is 10.1. The van der Waals surface area contributed by atoms with Gasteiger partial charge in [-0.2, -0.15) is 13.9 Å². The zero-order valence-corrected chi connectivity index (χ0v) is 9.27. The van der Waals surface area contributed by atoms with E-state index in [1.165, 1.54) is 6.07 Å². The van der Waals surface area contributed by atoms with Crippen LogP contribution >= 0.6 is 0 Å². The Morgan fingerprint density at radius 2 is 2.24 bits per heavy atom. The van der Waals surface area contributed by atoms with Crippen LogP contribution in [-0.2, 0) is 4.74 Å². The highest BCUT2D eigenvalue weighted by atomic mass is 19.3. The summed E-state index contributed by atoms with van der Waals surface area (Å²) in [6.07, 6.45) is 0. The summed E-state index contributed by atoms with van der Waals surface area (Å²) in [5, 5.41) is 10.7. The minimum Gasteiger partial charge on any atom is -0.415 e. The first kappa shape index (κ1) is 12.1. The van der Waals surface area contributed by atoms with Crippen molar-refractivity contribution in [1.29, 1.82) is 0 Å². The van der Waals surface area contributed by atoms with E-state index in [2.05, 4.69) is 20.3 Å². The van der Waals surface area contributed by atoms with Gasteiger partial charge < -0.3 is 14.8 Å². The van der Waals surface area contributed by atoms with Gasteiger partial charge in [-0.05, 0) is 13.0 Å². The normalized spacial score (nSPS) is 24.9. The Balaban J connectivity index is 2.01. The van der Waals surface area contributed by atoms with Gasteiger partial charge in [0, 0.05) is 12.1 Å². The molecule has 94 valence electrons. The number of morpholine rings is 1. The minimum atomic E-state index is -2.88. The largest absolute Gasteiger partial charge is 0.415 e. The molecule has 2 rings (SSSR count). The van der Waals surface area contributed by atoms with Crippen LogP contribution in [-0.4, -0.2) is 36.1 Å². The highest BCUT2D eigenvalue weighted by molar-refractivity contribution is 5.14. The van der Waals surface area contributed by atoms with Crippen molar-refractivity contribution in [3.63, 3.8) is 0 Å². The maximum absolute atomic E-state index is 11.9. The Bertz CT molecular complexity index is 361. The topological polar surface area (TPSA) is 56.3 Å². The van der Waals surface area contributed by atoms with E-state index in [0.29, 0.717) is 18.9 Å². The van der Waals surface area contributed by atoms with E-state index >= 15 is 0 Å². The van der Waals surface area contributed by atoms with E-state index < -0.39 is 6.61 Å². The molecule has 0 bridgehead atoms. The molecule has 1 aromatic rings. The highest BCUT2D eigenvalue weighted by Gasteiger charge is 2.21. The Morgan fingerprint density at radius 1 is 1.41 bits per heavy atom. The monoisotopic (exact) mass is 245 g/mol. The molecule has 2 heterocycles. The Morgan fingerprint density at radius 3 is 2.82 bits per heavy atom. The standard InChI is InChI=1S/C10H13F2N3O2/c1-6-4-16-5-8(13-6)7-2-3-9(15-14-7)17-10(11)12/h2-3,6,8,10,13H,4-5H2,1H3. The van der Waals surface area contributed by atoms with Crippen LogP contribution in [0, 0.1) is 0 Å². The molecule has 1 fully saturated rings. The highest BCUT2D eigenvalue weighted by Crippen LogP contribution is 2.17. The van der Waals surface area contributed by atoms with Crippen LogP contribution in [0.1, 0.15) is 18.7 Å². The Labute approximate surface area is 97.1 Å². The van der Waals surface area contributed by atoms with Crippen molar-refractivity contribution in [2.24, 2.45) is 0 Å². The summed E-state index contributed by atoms with van der Waals surface area (Å²) in [4.78, 5) is 0. The van der Waals surface area contributed by atoms with Crippen LogP contribution in [0.15, 0.2) is 12.1 Å². The molecule has 1 N–H and O–H groups in total. The average molecular weight is 245 g/mol. The van der Waals surface area contributed by atoms with Crippen molar-refractivity contribution in [2.75, 3.05) is 13.2 Å². The number of hydrogen-bond acceptors (Lipinski definition) is 5. The third-order valence-electron chi connectivity index (χ3n) is 2.37. The second-order valence-electron chi connectivity index (χ2n) is 3.83. The number of ether oxygens (including phenoxy) is 2. The summed E-state index contributed by atoms with van der Waals surface area (Å²) in [6.45, 7) is 0.254. The van der Waals surface area contributed by atoms with Crippen LogP contribution in [0.2, 0.25) is 0 Å². The Kier molecular flexibility index (Phi) is 3.80. The van der Waals surface area contributed by atoms with Gasteiger partial charge >= 0.3 is 6.61 Å². The molecule has 5 nitrogen and oxygen atoms in total. The summed E-state index contributed by atoms with van der Waals surface area (Å²) in [6, 6.07) is 3.14. The molecular formula is C10H13F2N3O2. The van der Waals surface area contributed by atoms with E-state index in [0.717, 1.165) is 0 Å². The summed E-state index contributed by atoms with van der Waals surface area (Å²) in [5.41, 5.74) is 0.651. The molecule has 1 aliphatic rings. The van der Waals surface area contributed by atoms with Gasteiger partial charge in [0.2, 0.25) is 5.88 Å². The second-order valence-corrected chi connectivity index (χ2v) is 3.83. The van der Waals surface area contributed by atoms with Gasteiger partial charge in [-0.15, -0.1) is 5.10 Å². The van der Waals surface area contributed by atoms with Crippen molar-refractivity contribution in [3.05, 3.63) is 17.8 Å². The first-order chi connectivity index (χ1) is 8.15. The molecule has 0 amide bonds. The number of rotatable bonds is 3. The van der Waals surface area contributed by atoms with Gasteiger partial charge in [0.15, 0.2) is 0 Å². The van der Waals surface area contributed by atoms with Gasteiger partial charge in [-0.25, -0.2) is 0 Å². The maximum atomic E-state index is 11.9. The van der Waals surface area contributed by atoms with Crippen LogP contribution in [0.25, 0.3) is 0 Å². The lowest BCUT2D eigenvalue weighted by molar-refractivity contribution is -0.0535. The number of nitrogens with zero attached hydrogens (tertiary/aromatic N) is 2. The van der Waals surface area contributed by atoms with Gasteiger partial charge in [0.05, 0.1) is 24.9 Å². The fraction of sp³-hybridized carbons (Fsp3) is 0.600. The van der Waals surface area contributed by atoms with Gasteiger partial charge in [0.1, 0.15) is 0 Å². The minimum absolute atomic E-state index is 0.0631. The van der Waals surface area contributed by atoms with Crippen molar-refractivity contribution < 1.29 is 18.3 Å². The predicted molar refractivity (Wildman–Crippen MR) is 54.8 cm³/mol. The van der Waals surface area contributed by atoms with Gasteiger partial charge in [-0.1, -0.05) is 0 Å². The van der Waals surface area contributed by atoms with Crippen molar-refractivity contribution in [2.45, 2.75) is 25.6 Å². The summed E-state index contributed by atoms with van der Waals surface area (Å²) < 4.78 is 33.3. The molecule has 7 heteroatoms. The molecule has 0 spiro atoms. The predicted octanol–water partition coefficient (Wildman–Crippen LogP) is 1.13. The Hall–Kier alpha value is -1.34. The lowest BCUT2D eigenvalue weighted by Crippen LogP contribution is -2.42. The van der Waals surface area contributed by atoms with Crippen LogP contribution < -0.4 is 10.1 Å². The van der Waals surface area contributed by atoms with E-state index in [4.69, 9.17) is 4.74 Å². The number of nitrogens with one attached hydrogen (secondary N) is 1. The van der Waals surface area contributed by atoms with Gasteiger partial charge in [0.25, 0.3) is 0 Å². The molecule has 1 aromatic heterocycles. The van der Waals surface area contributed by atoms with Gasteiger partial charge in [-0.3, -0.25) is 0 Å². The molecular weight excluding hydrogens is 232 g/mol. The molecule has 1 saturated heterocycles. The molecule has 0 aliphatic carbocycles. The number of alkyl halides is 2. The van der Waals surface area contributed by atoms with Crippen LogP contribution in [0.5, 0.6) is 5.88 Å². The maximum Gasteiger partial charge on any atom is 0.388 e. The van der Waals surface area contributed by atoms with Crippen molar-refractivity contribution in [3.8, 4) is 5.88 Å². The summed E-state index contributed by atoms with van der Waals surface area (Å²) in [5.74, 6) is -0.187. The van der Waals surface area contributed by atoms with Crippen LogP contribution in [0.4, 0.5) is 8.78 Å².